The molecule has 0 bridgehead atoms. The van der Waals surface area contributed by atoms with Crippen molar-refractivity contribution in [3.63, 3.8) is 0 Å². The fourth-order valence-electron chi connectivity index (χ4n) is 3.09. The summed E-state index contributed by atoms with van der Waals surface area (Å²) < 4.78 is 15.8. The molecule has 1 aliphatic rings. The SMILES string of the molecule is COc1cc(-c2noc(CCC(=O)N3CCNC[C@@H]3C)n2)cc(Cl)c1OC. The highest BCUT2D eigenvalue weighted by Crippen LogP contribution is 2.38. The third-order valence-electron chi connectivity index (χ3n) is 4.53. The van der Waals surface area contributed by atoms with Crippen LogP contribution in [-0.2, 0) is 11.2 Å². The molecule has 8 nitrogen and oxygen atoms in total. The van der Waals surface area contributed by atoms with Crippen LogP contribution in [0.5, 0.6) is 11.5 Å². The number of amides is 1. The first kappa shape index (κ1) is 19.4. The minimum absolute atomic E-state index is 0.0953. The first-order valence-corrected chi connectivity index (χ1v) is 9.16. The van der Waals surface area contributed by atoms with E-state index < -0.39 is 0 Å². The highest BCUT2D eigenvalue weighted by molar-refractivity contribution is 6.32. The second kappa shape index (κ2) is 8.58. The van der Waals surface area contributed by atoms with E-state index in [0.29, 0.717) is 46.6 Å². The molecule has 2 aromatic rings. The summed E-state index contributed by atoms with van der Waals surface area (Å²) in [6, 6.07) is 3.61. The zero-order valence-electron chi connectivity index (χ0n) is 15.6. The molecule has 0 saturated carbocycles. The molecular weight excluding hydrogens is 372 g/mol. The highest BCUT2D eigenvalue weighted by Gasteiger charge is 2.23. The molecular formula is C18H23ClN4O4. The molecule has 2 heterocycles. The van der Waals surface area contributed by atoms with Gasteiger partial charge < -0.3 is 24.2 Å². The molecule has 9 heteroatoms. The van der Waals surface area contributed by atoms with Crippen molar-refractivity contribution in [1.29, 1.82) is 0 Å². The van der Waals surface area contributed by atoms with Crippen LogP contribution in [0.25, 0.3) is 11.4 Å². The van der Waals surface area contributed by atoms with Gasteiger partial charge in [0.2, 0.25) is 17.6 Å². The average Bonchev–Trinajstić information content (AvgIpc) is 3.15. The number of piperazine rings is 1. The van der Waals surface area contributed by atoms with E-state index in [-0.39, 0.29) is 11.9 Å². The summed E-state index contributed by atoms with van der Waals surface area (Å²) in [5.74, 6) is 1.82. The van der Waals surface area contributed by atoms with E-state index in [0.717, 1.165) is 19.6 Å². The molecule has 0 spiro atoms. The fourth-order valence-corrected chi connectivity index (χ4v) is 3.38. The third kappa shape index (κ3) is 4.33. The number of hydrogen-bond donors (Lipinski definition) is 1. The number of aryl methyl sites for hydroxylation is 1. The largest absolute Gasteiger partial charge is 0.493 e. The summed E-state index contributed by atoms with van der Waals surface area (Å²) in [4.78, 5) is 18.7. The number of nitrogens with one attached hydrogen (secondary N) is 1. The van der Waals surface area contributed by atoms with E-state index in [2.05, 4.69) is 15.5 Å². The Morgan fingerprint density at radius 1 is 1.41 bits per heavy atom. The van der Waals surface area contributed by atoms with Gasteiger partial charge in [-0.1, -0.05) is 16.8 Å². The molecule has 1 amide bonds. The Morgan fingerprint density at radius 3 is 2.93 bits per heavy atom. The van der Waals surface area contributed by atoms with Crippen molar-refractivity contribution in [2.24, 2.45) is 0 Å². The number of carbonyl (C=O) groups is 1. The van der Waals surface area contributed by atoms with Crippen LogP contribution >= 0.6 is 11.6 Å². The van der Waals surface area contributed by atoms with Gasteiger partial charge in [-0.3, -0.25) is 4.79 Å². The van der Waals surface area contributed by atoms with Crippen molar-refractivity contribution in [1.82, 2.24) is 20.4 Å². The van der Waals surface area contributed by atoms with E-state index in [4.69, 9.17) is 25.6 Å². The van der Waals surface area contributed by atoms with Gasteiger partial charge in [-0.05, 0) is 19.1 Å². The molecule has 1 aromatic carbocycles. The predicted molar refractivity (Wildman–Crippen MR) is 100 cm³/mol. The second-order valence-electron chi connectivity index (χ2n) is 6.35. The van der Waals surface area contributed by atoms with Crippen LogP contribution in [0.15, 0.2) is 16.7 Å². The summed E-state index contributed by atoms with van der Waals surface area (Å²) >= 11 is 6.23. The molecule has 0 aliphatic carbocycles. The van der Waals surface area contributed by atoms with Gasteiger partial charge in [-0.15, -0.1) is 0 Å². The van der Waals surface area contributed by atoms with E-state index >= 15 is 0 Å². The van der Waals surface area contributed by atoms with Gasteiger partial charge in [0.1, 0.15) is 0 Å². The van der Waals surface area contributed by atoms with Crippen LogP contribution in [0.1, 0.15) is 19.2 Å². The first-order chi connectivity index (χ1) is 13.0. The van der Waals surface area contributed by atoms with E-state index in [1.807, 2.05) is 11.8 Å². The summed E-state index contributed by atoms with van der Waals surface area (Å²) in [5, 5.41) is 7.65. The number of methoxy groups -OCH3 is 2. The van der Waals surface area contributed by atoms with Crippen molar-refractivity contribution in [3.05, 3.63) is 23.0 Å². The molecule has 3 rings (SSSR count). The van der Waals surface area contributed by atoms with Crippen LogP contribution in [0.3, 0.4) is 0 Å². The molecule has 146 valence electrons. The Labute approximate surface area is 162 Å². The number of ether oxygens (including phenoxy) is 2. The monoisotopic (exact) mass is 394 g/mol. The van der Waals surface area contributed by atoms with E-state index in [1.165, 1.54) is 14.2 Å². The fraction of sp³-hybridized carbons (Fsp3) is 0.500. The van der Waals surface area contributed by atoms with Crippen LogP contribution in [0, 0.1) is 0 Å². The van der Waals surface area contributed by atoms with Crippen LogP contribution in [-0.4, -0.2) is 60.8 Å². The molecule has 0 unspecified atom stereocenters. The number of hydrogen-bond acceptors (Lipinski definition) is 7. The number of carbonyl (C=O) groups excluding carboxylic acids is 1. The number of benzene rings is 1. The summed E-state index contributed by atoms with van der Waals surface area (Å²) in [5.41, 5.74) is 0.648. The van der Waals surface area contributed by atoms with Crippen molar-refractivity contribution in [2.45, 2.75) is 25.8 Å². The van der Waals surface area contributed by atoms with Crippen molar-refractivity contribution in [3.8, 4) is 22.9 Å². The van der Waals surface area contributed by atoms with Crippen LogP contribution in [0.2, 0.25) is 5.02 Å². The number of rotatable bonds is 6. The molecule has 1 atom stereocenters. The molecule has 0 radical (unpaired) electrons. The van der Waals surface area contributed by atoms with Crippen molar-refractivity contribution in [2.75, 3.05) is 33.9 Å². The number of halogens is 1. The van der Waals surface area contributed by atoms with Crippen LogP contribution < -0.4 is 14.8 Å². The minimum atomic E-state index is 0.0953. The topological polar surface area (TPSA) is 89.7 Å². The first-order valence-electron chi connectivity index (χ1n) is 8.78. The van der Waals surface area contributed by atoms with Gasteiger partial charge >= 0.3 is 0 Å². The van der Waals surface area contributed by atoms with Crippen molar-refractivity contribution < 1.29 is 18.8 Å². The lowest BCUT2D eigenvalue weighted by atomic mass is 10.1. The van der Waals surface area contributed by atoms with Gasteiger partial charge in [0.25, 0.3) is 0 Å². The van der Waals surface area contributed by atoms with Gasteiger partial charge in [0.15, 0.2) is 11.5 Å². The average molecular weight is 395 g/mol. The standard InChI is InChI=1S/C18H23ClN4O4/c1-11-10-20-6-7-23(11)16(24)5-4-15-21-18(22-27-15)12-8-13(19)17(26-3)14(9-12)25-2/h8-9,11,20H,4-7,10H2,1-3H3/t11-/m0/s1. The van der Waals surface area contributed by atoms with E-state index in [9.17, 15) is 4.79 Å². The normalized spacial score (nSPS) is 17.0. The minimum Gasteiger partial charge on any atom is -0.493 e. The maximum absolute atomic E-state index is 12.4. The van der Waals surface area contributed by atoms with E-state index in [1.54, 1.807) is 12.1 Å². The zero-order valence-corrected chi connectivity index (χ0v) is 16.4. The molecule has 1 fully saturated rings. The lowest BCUT2D eigenvalue weighted by Gasteiger charge is -2.34. The Hall–Kier alpha value is -2.32. The predicted octanol–water partition coefficient (Wildman–Crippen LogP) is 2.16. The molecule has 1 saturated heterocycles. The second-order valence-corrected chi connectivity index (χ2v) is 6.75. The lowest BCUT2D eigenvalue weighted by molar-refractivity contribution is -0.134. The molecule has 1 aliphatic heterocycles. The Bertz CT molecular complexity index is 811. The Balaban J connectivity index is 1.68. The smallest absolute Gasteiger partial charge is 0.227 e. The molecule has 1 aromatic heterocycles. The quantitative estimate of drug-likeness (QED) is 0.802. The molecule has 27 heavy (non-hydrogen) atoms. The maximum Gasteiger partial charge on any atom is 0.227 e. The lowest BCUT2D eigenvalue weighted by Crippen LogP contribution is -2.52. The Kier molecular flexibility index (Phi) is 6.18. The van der Waals surface area contributed by atoms with Gasteiger partial charge in [-0.25, -0.2) is 0 Å². The molecule has 1 N–H and O–H groups in total. The van der Waals surface area contributed by atoms with Crippen molar-refractivity contribution >= 4 is 17.5 Å². The van der Waals surface area contributed by atoms with Crippen LogP contribution in [0.4, 0.5) is 0 Å². The maximum atomic E-state index is 12.4. The highest BCUT2D eigenvalue weighted by atomic mass is 35.5. The van der Waals surface area contributed by atoms with Gasteiger partial charge in [0.05, 0.1) is 19.2 Å². The number of nitrogens with zero attached hydrogens (tertiary/aromatic N) is 3. The van der Waals surface area contributed by atoms with Gasteiger partial charge in [-0.2, -0.15) is 4.98 Å². The summed E-state index contributed by atoms with van der Waals surface area (Å²) in [6.45, 7) is 4.40. The summed E-state index contributed by atoms with van der Waals surface area (Å²) in [6.07, 6.45) is 0.724. The Morgan fingerprint density at radius 2 is 2.22 bits per heavy atom. The summed E-state index contributed by atoms with van der Waals surface area (Å²) in [7, 11) is 3.05. The third-order valence-corrected chi connectivity index (χ3v) is 4.81. The zero-order chi connectivity index (χ0) is 19.4. The van der Waals surface area contributed by atoms with Gasteiger partial charge in [0, 0.05) is 44.1 Å². The number of aromatic nitrogens is 2.